The van der Waals surface area contributed by atoms with E-state index in [-0.39, 0.29) is 24.4 Å². The van der Waals surface area contributed by atoms with Gasteiger partial charge in [0.05, 0.1) is 6.54 Å². The molecule has 102 valence electrons. The van der Waals surface area contributed by atoms with Crippen molar-refractivity contribution < 1.29 is 9.59 Å². The Hall–Kier alpha value is -1.10. The Morgan fingerprint density at radius 1 is 1.22 bits per heavy atom. The Morgan fingerprint density at radius 3 is 2.83 bits per heavy atom. The summed E-state index contributed by atoms with van der Waals surface area (Å²) in [6.07, 6.45) is 5.68. The van der Waals surface area contributed by atoms with Crippen LogP contribution in [0.5, 0.6) is 0 Å². The average Bonchev–Trinajstić information content (AvgIpc) is 2.76. The quantitative estimate of drug-likeness (QED) is 0.788. The highest BCUT2D eigenvalue weighted by Gasteiger charge is 2.29. The number of nitrogens with two attached hydrogens (primary N) is 1. The zero-order valence-corrected chi connectivity index (χ0v) is 10.9. The van der Waals surface area contributed by atoms with Gasteiger partial charge in [-0.1, -0.05) is 6.42 Å². The molecule has 1 atom stereocenters. The zero-order valence-electron chi connectivity index (χ0n) is 10.9. The van der Waals surface area contributed by atoms with Crippen molar-refractivity contribution in [3.05, 3.63) is 0 Å². The highest BCUT2D eigenvalue weighted by Crippen LogP contribution is 2.17. The Bertz CT molecular complexity index is 319. The number of hydrogen-bond acceptors (Lipinski definition) is 3. The summed E-state index contributed by atoms with van der Waals surface area (Å²) in [5.41, 5.74) is 5.67. The molecule has 2 amide bonds. The first-order valence-electron chi connectivity index (χ1n) is 6.99. The molecule has 0 saturated carbocycles. The third-order valence-corrected chi connectivity index (χ3v) is 3.97. The van der Waals surface area contributed by atoms with Gasteiger partial charge in [0.15, 0.2) is 0 Å². The highest BCUT2D eigenvalue weighted by atomic mass is 16.2. The number of rotatable bonds is 3. The Kier molecular flexibility index (Phi) is 4.58. The predicted molar refractivity (Wildman–Crippen MR) is 68.8 cm³/mol. The summed E-state index contributed by atoms with van der Waals surface area (Å²) in [5.74, 6) is 0.197. The van der Waals surface area contributed by atoms with Crippen molar-refractivity contribution in [1.29, 1.82) is 0 Å². The minimum absolute atomic E-state index is 0.0678. The van der Waals surface area contributed by atoms with Gasteiger partial charge in [0.25, 0.3) is 0 Å². The van der Waals surface area contributed by atoms with Crippen molar-refractivity contribution in [2.75, 3.05) is 26.2 Å². The van der Waals surface area contributed by atoms with Crippen LogP contribution in [0.4, 0.5) is 0 Å². The van der Waals surface area contributed by atoms with Crippen LogP contribution in [0.15, 0.2) is 0 Å². The fourth-order valence-electron chi connectivity index (χ4n) is 2.87. The maximum absolute atomic E-state index is 12.2. The molecule has 2 N–H and O–H groups in total. The summed E-state index contributed by atoms with van der Waals surface area (Å²) in [6.45, 7) is 2.30. The highest BCUT2D eigenvalue weighted by molar-refractivity contribution is 5.85. The van der Waals surface area contributed by atoms with Crippen molar-refractivity contribution in [3.8, 4) is 0 Å². The van der Waals surface area contributed by atoms with Crippen LogP contribution in [0.25, 0.3) is 0 Å². The summed E-state index contributed by atoms with van der Waals surface area (Å²) in [7, 11) is 0. The van der Waals surface area contributed by atoms with Crippen LogP contribution in [-0.4, -0.2) is 53.8 Å². The van der Waals surface area contributed by atoms with Crippen molar-refractivity contribution in [2.24, 2.45) is 5.73 Å². The van der Waals surface area contributed by atoms with Gasteiger partial charge < -0.3 is 15.5 Å². The third-order valence-electron chi connectivity index (χ3n) is 3.97. The summed E-state index contributed by atoms with van der Waals surface area (Å²) >= 11 is 0. The zero-order chi connectivity index (χ0) is 13.0. The van der Waals surface area contributed by atoms with Crippen LogP contribution < -0.4 is 5.73 Å². The van der Waals surface area contributed by atoms with Crippen molar-refractivity contribution in [3.63, 3.8) is 0 Å². The van der Waals surface area contributed by atoms with E-state index in [9.17, 15) is 9.59 Å². The molecular weight excluding hydrogens is 230 g/mol. The van der Waals surface area contributed by atoms with Gasteiger partial charge >= 0.3 is 0 Å². The van der Waals surface area contributed by atoms with Crippen LogP contribution in [0.2, 0.25) is 0 Å². The normalized spacial score (nSPS) is 25.4. The second-order valence-corrected chi connectivity index (χ2v) is 5.24. The first-order valence-corrected chi connectivity index (χ1v) is 6.99. The lowest BCUT2D eigenvalue weighted by atomic mass is 10.2. The average molecular weight is 253 g/mol. The maximum Gasteiger partial charge on any atom is 0.242 e. The van der Waals surface area contributed by atoms with E-state index < -0.39 is 0 Å². The fraction of sp³-hybridized carbons (Fsp3) is 0.846. The van der Waals surface area contributed by atoms with Crippen molar-refractivity contribution in [1.82, 2.24) is 9.80 Å². The number of likely N-dealkylation sites (tertiary alicyclic amines) is 2. The molecule has 0 aromatic heterocycles. The molecule has 5 heteroatoms. The van der Waals surface area contributed by atoms with Gasteiger partial charge in [0.1, 0.15) is 0 Å². The van der Waals surface area contributed by atoms with E-state index in [0.29, 0.717) is 13.0 Å². The van der Waals surface area contributed by atoms with E-state index in [1.54, 1.807) is 4.90 Å². The second kappa shape index (κ2) is 6.18. The molecule has 2 heterocycles. The standard InChI is InChI=1S/C13H23N3O2/c14-9-11-5-4-8-16(11)13(18)10-15-7-3-1-2-6-12(15)17/h11H,1-10,14H2/t11-/m0/s1. The molecule has 2 rings (SSSR count). The van der Waals surface area contributed by atoms with E-state index in [4.69, 9.17) is 5.73 Å². The summed E-state index contributed by atoms with van der Waals surface area (Å²) in [6, 6.07) is 0.180. The first-order chi connectivity index (χ1) is 8.72. The van der Waals surface area contributed by atoms with Crippen molar-refractivity contribution in [2.45, 2.75) is 44.6 Å². The smallest absolute Gasteiger partial charge is 0.242 e. The number of nitrogens with zero attached hydrogens (tertiary/aromatic N) is 2. The fourth-order valence-corrected chi connectivity index (χ4v) is 2.87. The molecule has 2 aliphatic rings. The van der Waals surface area contributed by atoms with Crippen LogP contribution in [0.1, 0.15) is 38.5 Å². The summed E-state index contributed by atoms with van der Waals surface area (Å²) < 4.78 is 0. The molecule has 0 spiro atoms. The van der Waals surface area contributed by atoms with Gasteiger partial charge in [0, 0.05) is 32.1 Å². The number of carbonyl (C=O) groups is 2. The summed E-state index contributed by atoms with van der Waals surface area (Å²) in [5, 5.41) is 0. The predicted octanol–water partition coefficient (Wildman–Crippen LogP) is 0.339. The van der Waals surface area contributed by atoms with Gasteiger partial charge in [-0.25, -0.2) is 0 Å². The first kappa shape index (κ1) is 13.3. The van der Waals surface area contributed by atoms with Gasteiger partial charge in [-0.05, 0) is 25.7 Å². The molecule has 0 aromatic rings. The van der Waals surface area contributed by atoms with Crippen LogP contribution >= 0.6 is 0 Å². The minimum atomic E-state index is 0.0678. The maximum atomic E-state index is 12.2. The molecule has 2 fully saturated rings. The number of carbonyl (C=O) groups excluding carboxylic acids is 2. The summed E-state index contributed by atoms with van der Waals surface area (Å²) in [4.78, 5) is 27.6. The largest absolute Gasteiger partial charge is 0.337 e. The topological polar surface area (TPSA) is 66.6 Å². The van der Waals surface area contributed by atoms with E-state index in [2.05, 4.69) is 0 Å². The molecule has 0 unspecified atom stereocenters. The van der Waals surface area contributed by atoms with E-state index >= 15 is 0 Å². The third kappa shape index (κ3) is 3.02. The van der Waals surface area contributed by atoms with E-state index in [0.717, 1.165) is 45.2 Å². The van der Waals surface area contributed by atoms with Crippen LogP contribution in [0.3, 0.4) is 0 Å². The number of amides is 2. The van der Waals surface area contributed by atoms with E-state index in [1.807, 2.05) is 4.90 Å². The molecule has 0 aliphatic carbocycles. The molecule has 18 heavy (non-hydrogen) atoms. The minimum Gasteiger partial charge on any atom is -0.337 e. The van der Waals surface area contributed by atoms with E-state index in [1.165, 1.54) is 0 Å². The Balaban J connectivity index is 1.91. The molecular formula is C13H23N3O2. The lowest BCUT2D eigenvalue weighted by Crippen LogP contribution is -2.46. The van der Waals surface area contributed by atoms with Crippen molar-refractivity contribution >= 4 is 11.8 Å². The molecule has 2 saturated heterocycles. The molecule has 0 aromatic carbocycles. The van der Waals surface area contributed by atoms with Gasteiger partial charge in [0.2, 0.25) is 11.8 Å². The van der Waals surface area contributed by atoms with Crippen LogP contribution in [-0.2, 0) is 9.59 Å². The number of hydrogen-bond donors (Lipinski definition) is 1. The molecule has 2 aliphatic heterocycles. The lowest BCUT2D eigenvalue weighted by molar-refractivity contribution is -0.140. The Morgan fingerprint density at radius 2 is 2.06 bits per heavy atom. The second-order valence-electron chi connectivity index (χ2n) is 5.24. The molecule has 0 radical (unpaired) electrons. The molecule has 0 bridgehead atoms. The van der Waals surface area contributed by atoms with Gasteiger partial charge in [-0.2, -0.15) is 0 Å². The van der Waals surface area contributed by atoms with Crippen LogP contribution in [0, 0.1) is 0 Å². The lowest BCUT2D eigenvalue weighted by Gasteiger charge is -2.27. The van der Waals surface area contributed by atoms with Gasteiger partial charge in [-0.3, -0.25) is 9.59 Å². The SMILES string of the molecule is NC[C@@H]1CCCN1C(=O)CN1CCCCCC1=O. The molecule has 5 nitrogen and oxygen atoms in total. The monoisotopic (exact) mass is 253 g/mol. The Labute approximate surface area is 108 Å². The van der Waals surface area contributed by atoms with Gasteiger partial charge in [-0.15, -0.1) is 0 Å².